The molecule has 3 heteroatoms. The van der Waals surface area contributed by atoms with Crippen LogP contribution in [0, 0.1) is 5.92 Å². The third-order valence-electron chi connectivity index (χ3n) is 2.58. The molecule has 0 aromatic heterocycles. The zero-order valence-corrected chi connectivity index (χ0v) is 9.68. The summed E-state index contributed by atoms with van der Waals surface area (Å²) in [5, 5.41) is 6.83. The molecule has 1 aromatic rings. The standard InChI is InChI=1S/C11H15BrN2/c12-10-2-1-3-11(6-10)14-8-9-4-5-13-7-9/h1-3,6,9,13-14H,4-5,7-8H2. The van der Waals surface area contributed by atoms with Crippen LogP contribution in [0.25, 0.3) is 0 Å². The van der Waals surface area contributed by atoms with Gasteiger partial charge >= 0.3 is 0 Å². The van der Waals surface area contributed by atoms with Crippen molar-refractivity contribution in [2.75, 3.05) is 25.0 Å². The third-order valence-corrected chi connectivity index (χ3v) is 3.08. The van der Waals surface area contributed by atoms with Crippen molar-refractivity contribution in [3.8, 4) is 0 Å². The Kier molecular flexibility index (Phi) is 3.43. The summed E-state index contributed by atoms with van der Waals surface area (Å²) in [6, 6.07) is 8.32. The van der Waals surface area contributed by atoms with E-state index in [4.69, 9.17) is 0 Å². The molecule has 76 valence electrons. The molecule has 1 fully saturated rings. The summed E-state index contributed by atoms with van der Waals surface area (Å²) in [5.74, 6) is 0.786. The lowest BCUT2D eigenvalue weighted by atomic mass is 10.1. The topological polar surface area (TPSA) is 24.1 Å². The van der Waals surface area contributed by atoms with Crippen LogP contribution in [0.1, 0.15) is 6.42 Å². The number of benzene rings is 1. The predicted molar refractivity (Wildman–Crippen MR) is 63.6 cm³/mol. The van der Waals surface area contributed by atoms with Crippen molar-refractivity contribution in [1.82, 2.24) is 5.32 Å². The van der Waals surface area contributed by atoms with Gasteiger partial charge in [0.1, 0.15) is 0 Å². The van der Waals surface area contributed by atoms with Crippen LogP contribution in [0.15, 0.2) is 28.7 Å². The first-order valence-electron chi connectivity index (χ1n) is 5.05. The lowest BCUT2D eigenvalue weighted by Crippen LogP contribution is -2.17. The molecule has 1 aromatic carbocycles. The summed E-state index contributed by atoms with van der Waals surface area (Å²) in [6.07, 6.45) is 1.29. The van der Waals surface area contributed by atoms with Gasteiger partial charge in [0.25, 0.3) is 0 Å². The van der Waals surface area contributed by atoms with Gasteiger partial charge in [0.2, 0.25) is 0 Å². The first-order valence-corrected chi connectivity index (χ1v) is 5.84. The van der Waals surface area contributed by atoms with E-state index in [1.54, 1.807) is 0 Å². The van der Waals surface area contributed by atoms with E-state index < -0.39 is 0 Å². The van der Waals surface area contributed by atoms with E-state index in [1.807, 2.05) is 6.07 Å². The summed E-state index contributed by atoms with van der Waals surface area (Å²) in [7, 11) is 0. The highest BCUT2D eigenvalue weighted by Gasteiger charge is 2.13. The van der Waals surface area contributed by atoms with E-state index in [9.17, 15) is 0 Å². The molecular formula is C11H15BrN2. The average molecular weight is 255 g/mol. The molecule has 14 heavy (non-hydrogen) atoms. The monoisotopic (exact) mass is 254 g/mol. The van der Waals surface area contributed by atoms with Gasteiger partial charge in [-0.25, -0.2) is 0 Å². The molecule has 2 nitrogen and oxygen atoms in total. The molecule has 2 N–H and O–H groups in total. The van der Waals surface area contributed by atoms with Gasteiger partial charge in [0.05, 0.1) is 0 Å². The Hall–Kier alpha value is -0.540. The summed E-state index contributed by atoms with van der Waals surface area (Å²) in [5.41, 5.74) is 1.20. The van der Waals surface area contributed by atoms with Gasteiger partial charge in [0, 0.05) is 16.7 Å². The van der Waals surface area contributed by atoms with E-state index in [0.29, 0.717) is 0 Å². The molecule has 0 saturated carbocycles. The van der Waals surface area contributed by atoms with E-state index in [0.717, 1.165) is 23.5 Å². The summed E-state index contributed by atoms with van der Waals surface area (Å²) in [4.78, 5) is 0. The van der Waals surface area contributed by atoms with Crippen molar-refractivity contribution < 1.29 is 0 Å². The second kappa shape index (κ2) is 4.80. The molecule has 0 amide bonds. The maximum absolute atomic E-state index is 3.46. The van der Waals surface area contributed by atoms with Gasteiger partial charge < -0.3 is 10.6 Å². The maximum atomic E-state index is 3.46. The summed E-state index contributed by atoms with van der Waals surface area (Å²) < 4.78 is 1.13. The fourth-order valence-corrected chi connectivity index (χ4v) is 2.15. The maximum Gasteiger partial charge on any atom is 0.0351 e. The van der Waals surface area contributed by atoms with E-state index in [-0.39, 0.29) is 0 Å². The minimum absolute atomic E-state index is 0.786. The highest BCUT2D eigenvalue weighted by molar-refractivity contribution is 9.10. The Labute approximate surface area is 93.2 Å². The second-order valence-electron chi connectivity index (χ2n) is 3.75. The summed E-state index contributed by atoms with van der Waals surface area (Å²) >= 11 is 3.46. The quantitative estimate of drug-likeness (QED) is 0.867. The molecule has 1 aliphatic rings. The first kappa shape index (κ1) is 9.99. The molecule has 1 aliphatic heterocycles. The van der Waals surface area contributed by atoms with Crippen LogP contribution in [-0.4, -0.2) is 19.6 Å². The Morgan fingerprint density at radius 3 is 3.14 bits per heavy atom. The zero-order valence-electron chi connectivity index (χ0n) is 8.09. The molecule has 1 heterocycles. The molecular weight excluding hydrogens is 240 g/mol. The molecule has 1 unspecified atom stereocenters. The molecule has 2 rings (SSSR count). The molecule has 0 aliphatic carbocycles. The highest BCUT2D eigenvalue weighted by Crippen LogP contribution is 2.16. The Balaban J connectivity index is 1.85. The predicted octanol–water partition coefficient (Wildman–Crippen LogP) is 2.47. The number of anilines is 1. The van der Waals surface area contributed by atoms with Crippen molar-refractivity contribution in [1.29, 1.82) is 0 Å². The normalized spacial score (nSPS) is 21.1. The smallest absolute Gasteiger partial charge is 0.0351 e. The number of hydrogen-bond acceptors (Lipinski definition) is 2. The molecule has 1 atom stereocenters. The number of nitrogens with one attached hydrogen (secondary N) is 2. The average Bonchev–Trinajstić information content (AvgIpc) is 2.67. The lowest BCUT2D eigenvalue weighted by molar-refractivity contribution is 0.615. The highest BCUT2D eigenvalue weighted by atomic mass is 79.9. The molecule has 1 saturated heterocycles. The van der Waals surface area contributed by atoms with E-state index in [2.05, 4.69) is 44.8 Å². The van der Waals surface area contributed by atoms with Crippen LogP contribution in [0.2, 0.25) is 0 Å². The van der Waals surface area contributed by atoms with Crippen molar-refractivity contribution in [2.24, 2.45) is 5.92 Å². The Morgan fingerprint density at radius 1 is 1.50 bits per heavy atom. The number of rotatable bonds is 3. The SMILES string of the molecule is Brc1cccc(NCC2CCNC2)c1. The Morgan fingerprint density at radius 2 is 2.43 bits per heavy atom. The molecule has 0 bridgehead atoms. The minimum atomic E-state index is 0.786. The first-order chi connectivity index (χ1) is 6.84. The van der Waals surface area contributed by atoms with Crippen LogP contribution >= 0.6 is 15.9 Å². The largest absolute Gasteiger partial charge is 0.385 e. The third kappa shape index (κ3) is 2.72. The molecule has 0 radical (unpaired) electrons. The van der Waals surface area contributed by atoms with Crippen LogP contribution in [0.3, 0.4) is 0 Å². The van der Waals surface area contributed by atoms with Crippen LogP contribution in [0.4, 0.5) is 5.69 Å². The Bertz CT molecular complexity index is 295. The van der Waals surface area contributed by atoms with Gasteiger partial charge in [0.15, 0.2) is 0 Å². The number of halogens is 1. The van der Waals surface area contributed by atoms with Crippen molar-refractivity contribution in [2.45, 2.75) is 6.42 Å². The second-order valence-corrected chi connectivity index (χ2v) is 4.67. The van der Waals surface area contributed by atoms with Gasteiger partial charge in [-0.1, -0.05) is 22.0 Å². The number of hydrogen-bond donors (Lipinski definition) is 2. The minimum Gasteiger partial charge on any atom is -0.385 e. The lowest BCUT2D eigenvalue weighted by Gasteiger charge is -2.11. The van der Waals surface area contributed by atoms with Gasteiger partial charge in [-0.05, 0) is 43.6 Å². The van der Waals surface area contributed by atoms with Crippen LogP contribution in [-0.2, 0) is 0 Å². The van der Waals surface area contributed by atoms with Crippen molar-refractivity contribution >= 4 is 21.6 Å². The van der Waals surface area contributed by atoms with E-state index >= 15 is 0 Å². The van der Waals surface area contributed by atoms with Crippen LogP contribution in [0.5, 0.6) is 0 Å². The van der Waals surface area contributed by atoms with Gasteiger partial charge in [-0.15, -0.1) is 0 Å². The fourth-order valence-electron chi connectivity index (χ4n) is 1.75. The van der Waals surface area contributed by atoms with Crippen molar-refractivity contribution in [3.63, 3.8) is 0 Å². The van der Waals surface area contributed by atoms with Crippen LogP contribution < -0.4 is 10.6 Å². The fraction of sp³-hybridized carbons (Fsp3) is 0.455. The molecule has 0 spiro atoms. The van der Waals surface area contributed by atoms with Gasteiger partial charge in [-0.3, -0.25) is 0 Å². The summed E-state index contributed by atoms with van der Waals surface area (Å²) in [6.45, 7) is 3.40. The van der Waals surface area contributed by atoms with E-state index in [1.165, 1.54) is 18.7 Å². The van der Waals surface area contributed by atoms with Gasteiger partial charge in [-0.2, -0.15) is 0 Å². The van der Waals surface area contributed by atoms with Crippen molar-refractivity contribution in [3.05, 3.63) is 28.7 Å². The zero-order chi connectivity index (χ0) is 9.80.